The molecule has 2 amide bonds. The molecule has 3 aromatic rings. The van der Waals surface area contributed by atoms with Crippen LogP contribution in [0, 0.1) is 5.82 Å². The van der Waals surface area contributed by atoms with Crippen molar-refractivity contribution < 1.29 is 14.0 Å². The lowest BCUT2D eigenvalue weighted by molar-refractivity contribution is -0.120. The average Bonchev–Trinajstić information content (AvgIpc) is 2.74. The molecule has 1 aromatic heterocycles. The fourth-order valence-electron chi connectivity index (χ4n) is 2.82. The Kier molecular flexibility index (Phi) is 6.29. The lowest BCUT2D eigenvalue weighted by Crippen LogP contribution is -2.24. The van der Waals surface area contributed by atoms with Gasteiger partial charge >= 0.3 is 0 Å². The number of amides is 2. The number of nitrogens with zero attached hydrogens (tertiary/aromatic N) is 3. The molecule has 0 atom stereocenters. The molecule has 0 saturated carbocycles. The van der Waals surface area contributed by atoms with Crippen molar-refractivity contribution in [2.24, 2.45) is 0 Å². The molecule has 0 aliphatic heterocycles. The zero-order valence-corrected chi connectivity index (χ0v) is 16.2. The lowest BCUT2D eigenvalue weighted by Gasteiger charge is -2.13. The number of hydrogen-bond acceptors (Lipinski definition) is 4. The third-order valence-electron chi connectivity index (χ3n) is 4.37. The number of benzene rings is 2. The first-order chi connectivity index (χ1) is 14.0. The molecule has 3 rings (SSSR count). The van der Waals surface area contributed by atoms with Crippen molar-refractivity contribution in [3.63, 3.8) is 0 Å². The molecule has 1 heterocycles. The SMILES string of the molecule is CN(C)C(=O)c1cncnc1-c1ccc(CNC(=O)Cc2ccccc2F)cc1. The highest BCUT2D eigenvalue weighted by Crippen LogP contribution is 2.22. The summed E-state index contributed by atoms with van der Waals surface area (Å²) in [6, 6.07) is 13.6. The van der Waals surface area contributed by atoms with Gasteiger partial charge in [-0.3, -0.25) is 9.59 Å². The van der Waals surface area contributed by atoms with Gasteiger partial charge in [0.15, 0.2) is 0 Å². The van der Waals surface area contributed by atoms with Gasteiger partial charge in [0.2, 0.25) is 5.91 Å². The van der Waals surface area contributed by atoms with Crippen LogP contribution in [0.5, 0.6) is 0 Å². The second-order valence-electron chi connectivity index (χ2n) is 6.73. The minimum absolute atomic E-state index is 0.0122. The molecule has 6 nitrogen and oxygen atoms in total. The molecule has 2 aromatic carbocycles. The van der Waals surface area contributed by atoms with Crippen molar-refractivity contribution in [1.82, 2.24) is 20.2 Å². The third kappa shape index (κ3) is 5.01. The largest absolute Gasteiger partial charge is 0.352 e. The summed E-state index contributed by atoms with van der Waals surface area (Å²) >= 11 is 0. The topological polar surface area (TPSA) is 75.2 Å². The van der Waals surface area contributed by atoms with Gasteiger partial charge in [0, 0.05) is 32.4 Å². The smallest absolute Gasteiger partial charge is 0.257 e. The van der Waals surface area contributed by atoms with Crippen molar-refractivity contribution in [2.45, 2.75) is 13.0 Å². The van der Waals surface area contributed by atoms with Gasteiger partial charge in [0.05, 0.1) is 17.7 Å². The maximum atomic E-state index is 13.6. The van der Waals surface area contributed by atoms with Gasteiger partial charge in [-0.1, -0.05) is 42.5 Å². The van der Waals surface area contributed by atoms with E-state index in [-0.39, 0.29) is 24.1 Å². The normalized spacial score (nSPS) is 10.4. The van der Waals surface area contributed by atoms with Crippen LogP contribution in [0.15, 0.2) is 61.1 Å². The highest BCUT2D eigenvalue weighted by Gasteiger charge is 2.16. The molecule has 0 unspecified atom stereocenters. The average molecular weight is 392 g/mol. The van der Waals surface area contributed by atoms with E-state index in [0.717, 1.165) is 11.1 Å². The van der Waals surface area contributed by atoms with Gasteiger partial charge < -0.3 is 10.2 Å². The van der Waals surface area contributed by atoms with Crippen LogP contribution in [0.4, 0.5) is 4.39 Å². The van der Waals surface area contributed by atoms with Crippen LogP contribution >= 0.6 is 0 Å². The summed E-state index contributed by atoms with van der Waals surface area (Å²) in [7, 11) is 3.35. The fraction of sp³-hybridized carbons (Fsp3) is 0.182. The van der Waals surface area contributed by atoms with Crippen LogP contribution in [0.25, 0.3) is 11.3 Å². The maximum absolute atomic E-state index is 13.6. The summed E-state index contributed by atoms with van der Waals surface area (Å²) in [6.45, 7) is 0.320. The predicted octanol–water partition coefficient (Wildman–Crippen LogP) is 2.84. The molecule has 0 fully saturated rings. The van der Waals surface area contributed by atoms with Gasteiger partial charge in [0.1, 0.15) is 12.1 Å². The van der Waals surface area contributed by atoms with E-state index in [1.165, 1.54) is 23.5 Å². The minimum atomic E-state index is -0.389. The number of halogens is 1. The van der Waals surface area contributed by atoms with Crippen molar-refractivity contribution in [2.75, 3.05) is 14.1 Å². The zero-order valence-electron chi connectivity index (χ0n) is 16.2. The van der Waals surface area contributed by atoms with Crippen LogP contribution in [0.3, 0.4) is 0 Å². The van der Waals surface area contributed by atoms with E-state index in [1.54, 1.807) is 32.3 Å². The molecule has 148 valence electrons. The molecular weight excluding hydrogens is 371 g/mol. The van der Waals surface area contributed by atoms with Gasteiger partial charge in [0.25, 0.3) is 5.91 Å². The molecule has 7 heteroatoms. The Labute approximate surface area is 168 Å². The molecular formula is C22H21FN4O2. The number of nitrogens with one attached hydrogen (secondary N) is 1. The molecule has 0 spiro atoms. The standard InChI is InChI=1S/C22H21FN4O2/c1-27(2)22(29)18-13-24-14-26-21(18)16-9-7-15(8-10-16)12-25-20(28)11-17-5-3-4-6-19(17)23/h3-10,13-14H,11-12H2,1-2H3,(H,25,28). The van der Waals surface area contributed by atoms with Crippen molar-refractivity contribution in [1.29, 1.82) is 0 Å². The Hall–Kier alpha value is -3.61. The first-order valence-corrected chi connectivity index (χ1v) is 9.07. The Balaban J connectivity index is 1.66. The second kappa shape index (κ2) is 9.05. The number of carbonyl (C=O) groups excluding carboxylic acids is 2. The number of aromatic nitrogens is 2. The summed E-state index contributed by atoms with van der Waals surface area (Å²) in [4.78, 5) is 34.1. The summed E-state index contributed by atoms with van der Waals surface area (Å²) in [5, 5.41) is 2.79. The van der Waals surface area contributed by atoms with Crippen molar-refractivity contribution in [3.8, 4) is 11.3 Å². The van der Waals surface area contributed by atoms with E-state index in [1.807, 2.05) is 24.3 Å². The summed E-state index contributed by atoms with van der Waals surface area (Å²) in [6.07, 6.45) is 2.89. The van der Waals surface area contributed by atoms with Crippen LogP contribution in [-0.2, 0) is 17.8 Å². The van der Waals surface area contributed by atoms with Crippen LogP contribution in [0.2, 0.25) is 0 Å². The molecule has 0 bridgehead atoms. The minimum Gasteiger partial charge on any atom is -0.352 e. The van der Waals surface area contributed by atoms with E-state index in [9.17, 15) is 14.0 Å². The number of carbonyl (C=O) groups is 2. The highest BCUT2D eigenvalue weighted by atomic mass is 19.1. The Morgan fingerprint density at radius 2 is 1.79 bits per heavy atom. The molecule has 0 saturated heterocycles. The monoisotopic (exact) mass is 392 g/mol. The van der Waals surface area contributed by atoms with Crippen molar-refractivity contribution >= 4 is 11.8 Å². The highest BCUT2D eigenvalue weighted by molar-refractivity contribution is 5.99. The van der Waals surface area contributed by atoms with E-state index in [4.69, 9.17) is 0 Å². The van der Waals surface area contributed by atoms with Gasteiger partial charge in [-0.2, -0.15) is 0 Å². The third-order valence-corrected chi connectivity index (χ3v) is 4.37. The van der Waals surface area contributed by atoms with E-state index in [2.05, 4.69) is 15.3 Å². The van der Waals surface area contributed by atoms with Crippen LogP contribution < -0.4 is 5.32 Å². The summed E-state index contributed by atoms with van der Waals surface area (Å²) < 4.78 is 13.6. The predicted molar refractivity (Wildman–Crippen MR) is 107 cm³/mol. The summed E-state index contributed by atoms with van der Waals surface area (Å²) in [5.41, 5.74) is 2.99. The van der Waals surface area contributed by atoms with Gasteiger partial charge in [-0.15, -0.1) is 0 Å². The van der Waals surface area contributed by atoms with Gasteiger partial charge in [-0.05, 0) is 17.2 Å². The van der Waals surface area contributed by atoms with Crippen LogP contribution in [-0.4, -0.2) is 40.8 Å². The van der Waals surface area contributed by atoms with Gasteiger partial charge in [-0.25, -0.2) is 14.4 Å². The lowest BCUT2D eigenvalue weighted by atomic mass is 10.0. The molecule has 0 aliphatic rings. The number of rotatable bonds is 6. The Bertz CT molecular complexity index is 1020. The quantitative estimate of drug-likeness (QED) is 0.700. The van der Waals surface area contributed by atoms with Crippen LogP contribution in [0.1, 0.15) is 21.5 Å². The summed E-state index contributed by atoms with van der Waals surface area (Å²) in [5.74, 6) is -0.821. The first kappa shape index (κ1) is 20.1. The molecule has 0 radical (unpaired) electrons. The second-order valence-corrected chi connectivity index (χ2v) is 6.73. The molecule has 1 N–H and O–H groups in total. The zero-order chi connectivity index (χ0) is 20.8. The Morgan fingerprint density at radius 3 is 2.48 bits per heavy atom. The first-order valence-electron chi connectivity index (χ1n) is 9.07. The molecule has 0 aliphatic carbocycles. The fourth-order valence-corrected chi connectivity index (χ4v) is 2.82. The molecule has 29 heavy (non-hydrogen) atoms. The van der Waals surface area contributed by atoms with E-state index in [0.29, 0.717) is 23.4 Å². The van der Waals surface area contributed by atoms with E-state index < -0.39 is 0 Å². The number of hydrogen-bond donors (Lipinski definition) is 1. The van der Waals surface area contributed by atoms with E-state index >= 15 is 0 Å². The Morgan fingerprint density at radius 1 is 1.07 bits per heavy atom. The van der Waals surface area contributed by atoms with Crippen molar-refractivity contribution in [3.05, 3.63) is 83.6 Å². The maximum Gasteiger partial charge on any atom is 0.257 e.